The monoisotopic (exact) mass is 237 g/mol. The second kappa shape index (κ2) is 3.11. The molecule has 0 radical (unpaired) electrons. The Morgan fingerprint density at radius 2 is 2.12 bits per heavy atom. The summed E-state index contributed by atoms with van der Waals surface area (Å²) in [7, 11) is 0. The summed E-state index contributed by atoms with van der Waals surface area (Å²) in [5.41, 5.74) is 0.903. The first-order valence-corrected chi connectivity index (χ1v) is 5.69. The number of aromatic nitrogens is 1. The first-order valence-electron chi connectivity index (χ1n) is 4.81. The number of hydrogen-bond acceptors (Lipinski definition) is 5. The van der Waals surface area contributed by atoms with Crippen molar-refractivity contribution in [1.82, 2.24) is 10.3 Å². The molecular weight excluding hydrogens is 230 g/mol. The molecule has 0 unspecified atom stereocenters. The highest BCUT2D eigenvalue weighted by Crippen LogP contribution is 2.41. The lowest BCUT2D eigenvalue weighted by atomic mass is 10.3. The molecular formula is C9H7N3O3S. The van der Waals surface area contributed by atoms with Gasteiger partial charge in [-0.2, -0.15) is 4.90 Å². The summed E-state index contributed by atoms with van der Waals surface area (Å²) >= 11 is 1.21. The van der Waals surface area contributed by atoms with Crippen molar-refractivity contribution in [2.24, 2.45) is 0 Å². The quantitative estimate of drug-likeness (QED) is 0.603. The Labute approximate surface area is 94.3 Å². The second-order valence-corrected chi connectivity index (χ2v) is 4.57. The van der Waals surface area contributed by atoms with Crippen LogP contribution in [0.5, 0.6) is 0 Å². The van der Waals surface area contributed by atoms with E-state index in [9.17, 15) is 14.4 Å². The van der Waals surface area contributed by atoms with Crippen LogP contribution in [0.1, 0.15) is 24.5 Å². The highest BCUT2D eigenvalue weighted by molar-refractivity contribution is 7.14. The molecule has 1 aliphatic heterocycles. The van der Waals surface area contributed by atoms with Gasteiger partial charge in [0.15, 0.2) is 0 Å². The number of carbonyl (C=O) groups excluding carboxylic acids is 3. The van der Waals surface area contributed by atoms with Crippen LogP contribution in [0.15, 0.2) is 5.38 Å². The van der Waals surface area contributed by atoms with Crippen LogP contribution in [0.3, 0.4) is 0 Å². The number of anilines is 1. The number of thiazole rings is 1. The van der Waals surface area contributed by atoms with Crippen molar-refractivity contribution in [2.75, 3.05) is 4.90 Å². The van der Waals surface area contributed by atoms with Crippen LogP contribution >= 0.6 is 11.3 Å². The Morgan fingerprint density at radius 3 is 2.69 bits per heavy atom. The Hall–Kier alpha value is -1.76. The number of urea groups is 1. The second-order valence-electron chi connectivity index (χ2n) is 3.73. The molecule has 1 aliphatic carbocycles. The molecule has 0 atom stereocenters. The number of nitrogens with zero attached hydrogens (tertiary/aromatic N) is 2. The summed E-state index contributed by atoms with van der Waals surface area (Å²) < 4.78 is 0. The largest absolute Gasteiger partial charge is 0.338 e. The Balaban J connectivity index is 1.93. The highest BCUT2D eigenvalue weighted by atomic mass is 32.1. The van der Waals surface area contributed by atoms with Crippen molar-refractivity contribution in [3.05, 3.63) is 11.1 Å². The lowest BCUT2D eigenvalue weighted by Crippen LogP contribution is -2.30. The Kier molecular flexibility index (Phi) is 1.84. The van der Waals surface area contributed by atoms with Crippen molar-refractivity contribution in [3.8, 4) is 0 Å². The van der Waals surface area contributed by atoms with Gasteiger partial charge in [-0.1, -0.05) is 0 Å². The van der Waals surface area contributed by atoms with Crippen LogP contribution in [-0.2, 0) is 9.59 Å². The van der Waals surface area contributed by atoms with E-state index in [0.717, 1.165) is 23.4 Å². The molecule has 1 saturated carbocycles. The first kappa shape index (κ1) is 9.46. The number of nitrogens with one attached hydrogen (secondary N) is 1. The third kappa shape index (κ3) is 1.32. The van der Waals surface area contributed by atoms with E-state index >= 15 is 0 Å². The maximum atomic E-state index is 11.4. The molecule has 1 N–H and O–H groups in total. The molecule has 16 heavy (non-hydrogen) atoms. The molecule has 1 aromatic heterocycles. The minimum atomic E-state index is -0.895. The van der Waals surface area contributed by atoms with E-state index in [0.29, 0.717) is 5.92 Å². The van der Waals surface area contributed by atoms with E-state index in [2.05, 4.69) is 4.98 Å². The van der Waals surface area contributed by atoms with Crippen molar-refractivity contribution in [2.45, 2.75) is 18.8 Å². The first-order chi connectivity index (χ1) is 7.66. The van der Waals surface area contributed by atoms with E-state index in [4.69, 9.17) is 0 Å². The molecule has 0 spiro atoms. The summed E-state index contributed by atoms with van der Waals surface area (Å²) in [6.07, 6.45) is 2.20. The summed E-state index contributed by atoms with van der Waals surface area (Å²) in [6.45, 7) is 0. The maximum Gasteiger partial charge on any atom is 0.338 e. The van der Waals surface area contributed by atoms with Gasteiger partial charge in [0.05, 0.1) is 5.69 Å². The van der Waals surface area contributed by atoms with Crippen molar-refractivity contribution >= 4 is 34.3 Å². The summed E-state index contributed by atoms with van der Waals surface area (Å²) in [6, 6.07) is -0.716. The van der Waals surface area contributed by atoms with Gasteiger partial charge in [0.25, 0.3) is 0 Å². The molecule has 2 heterocycles. The lowest BCUT2D eigenvalue weighted by Gasteiger charge is -2.05. The Bertz CT molecular complexity index is 506. The standard InChI is InChI=1S/C9H7N3O3S/c13-6-7(14)12(8(15)11-6)9-10-5(3-16-9)4-1-2-4/h3-4H,1-2H2,(H,11,13,15). The molecule has 3 rings (SSSR count). The summed E-state index contributed by atoms with van der Waals surface area (Å²) in [5.74, 6) is -1.30. The number of amides is 4. The fourth-order valence-corrected chi connectivity index (χ4v) is 2.42. The molecule has 1 aromatic rings. The van der Waals surface area contributed by atoms with Gasteiger partial charge >= 0.3 is 17.8 Å². The minimum Gasteiger partial charge on any atom is -0.269 e. The summed E-state index contributed by atoms with van der Waals surface area (Å²) in [5, 5.41) is 4.04. The van der Waals surface area contributed by atoms with E-state index in [-0.39, 0.29) is 5.13 Å². The predicted octanol–water partition coefficient (Wildman–Crippen LogP) is 0.603. The van der Waals surface area contributed by atoms with E-state index in [1.54, 1.807) is 0 Å². The van der Waals surface area contributed by atoms with Crippen molar-refractivity contribution in [3.63, 3.8) is 0 Å². The van der Waals surface area contributed by atoms with Gasteiger partial charge in [0.1, 0.15) is 0 Å². The van der Waals surface area contributed by atoms with Crippen LogP contribution in [0, 0.1) is 0 Å². The molecule has 1 saturated heterocycles. The normalized spacial score (nSPS) is 20.5. The van der Waals surface area contributed by atoms with Gasteiger partial charge in [-0.3, -0.25) is 14.9 Å². The van der Waals surface area contributed by atoms with Gasteiger partial charge in [-0.15, -0.1) is 11.3 Å². The molecule has 82 valence electrons. The molecule has 7 heteroatoms. The zero-order chi connectivity index (χ0) is 11.3. The third-order valence-corrected chi connectivity index (χ3v) is 3.36. The summed E-state index contributed by atoms with van der Waals surface area (Å²) in [4.78, 5) is 38.7. The third-order valence-electron chi connectivity index (χ3n) is 2.52. The molecule has 2 aliphatic rings. The molecule has 0 bridgehead atoms. The van der Waals surface area contributed by atoms with Gasteiger partial charge in [-0.25, -0.2) is 9.78 Å². The fourth-order valence-electron chi connectivity index (χ4n) is 1.52. The molecule has 2 fully saturated rings. The SMILES string of the molecule is O=C1NC(=O)N(c2nc(C3CC3)cs2)C1=O. The van der Waals surface area contributed by atoms with Crippen LogP contribution in [0.25, 0.3) is 0 Å². The van der Waals surface area contributed by atoms with Crippen LogP contribution in [0.2, 0.25) is 0 Å². The molecule has 6 nitrogen and oxygen atoms in total. The van der Waals surface area contributed by atoms with Crippen molar-refractivity contribution < 1.29 is 14.4 Å². The number of rotatable bonds is 2. The smallest absolute Gasteiger partial charge is 0.269 e. The average Bonchev–Trinajstić information content (AvgIpc) is 2.93. The van der Waals surface area contributed by atoms with E-state index in [1.807, 2.05) is 10.7 Å². The minimum absolute atomic E-state index is 0.273. The van der Waals surface area contributed by atoms with E-state index < -0.39 is 17.8 Å². The highest BCUT2D eigenvalue weighted by Gasteiger charge is 2.40. The van der Waals surface area contributed by atoms with Crippen LogP contribution in [-0.4, -0.2) is 22.8 Å². The number of hydrogen-bond donors (Lipinski definition) is 1. The molecule has 4 amide bonds. The van der Waals surface area contributed by atoms with Gasteiger partial charge < -0.3 is 0 Å². The zero-order valence-electron chi connectivity index (χ0n) is 8.10. The van der Waals surface area contributed by atoms with Gasteiger partial charge in [0, 0.05) is 11.3 Å². The van der Waals surface area contributed by atoms with Gasteiger partial charge in [-0.05, 0) is 12.8 Å². The number of imide groups is 2. The van der Waals surface area contributed by atoms with Crippen LogP contribution in [0.4, 0.5) is 9.93 Å². The Morgan fingerprint density at radius 1 is 1.38 bits per heavy atom. The molecule has 0 aromatic carbocycles. The fraction of sp³-hybridized carbons (Fsp3) is 0.333. The zero-order valence-corrected chi connectivity index (χ0v) is 8.91. The topological polar surface area (TPSA) is 79.4 Å². The number of carbonyl (C=O) groups is 3. The van der Waals surface area contributed by atoms with Crippen LogP contribution < -0.4 is 10.2 Å². The van der Waals surface area contributed by atoms with Gasteiger partial charge in [0.2, 0.25) is 5.13 Å². The lowest BCUT2D eigenvalue weighted by molar-refractivity contribution is -0.134. The van der Waals surface area contributed by atoms with E-state index in [1.165, 1.54) is 11.3 Å². The van der Waals surface area contributed by atoms with Crippen molar-refractivity contribution in [1.29, 1.82) is 0 Å². The predicted molar refractivity (Wildman–Crippen MR) is 55.1 cm³/mol. The maximum absolute atomic E-state index is 11.4. The average molecular weight is 237 g/mol.